The predicted octanol–water partition coefficient (Wildman–Crippen LogP) is 2.41. The number of amides is 2. The Balaban J connectivity index is 1.89. The molecular formula is C12H15ClN2O3S. The number of carboxylic acids is 1. The van der Waals surface area contributed by atoms with Gasteiger partial charge in [0, 0.05) is 11.9 Å². The zero-order valence-corrected chi connectivity index (χ0v) is 12.0. The van der Waals surface area contributed by atoms with E-state index >= 15 is 0 Å². The number of aliphatic carboxylic acids is 1. The molecule has 1 aliphatic carbocycles. The van der Waals surface area contributed by atoms with E-state index in [1.165, 1.54) is 16.2 Å². The third kappa shape index (κ3) is 3.84. The van der Waals surface area contributed by atoms with Gasteiger partial charge in [-0.1, -0.05) is 11.6 Å². The van der Waals surface area contributed by atoms with Crippen molar-refractivity contribution in [2.45, 2.75) is 25.4 Å². The van der Waals surface area contributed by atoms with Gasteiger partial charge < -0.3 is 15.3 Å². The third-order valence-corrected chi connectivity index (χ3v) is 4.22. The average molecular weight is 303 g/mol. The van der Waals surface area contributed by atoms with Crippen molar-refractivity contribution in [3.63, 3.8) is 0 Å². The SMILES string of the molecule is CN(Cc1ccc(Cl)s1)C(=O)NC(C(=O)O)C1CC1. The van der Waals surface area contributed by atoms with Crippen LogP contribution in [0.5, 0.6) is 0 Å². The van der Waals surface area contributed by atoms with E-state index in [4.69, 9.17) is 16.7 Å². The zero-order chi connectivity index (χ0) is 14.0. The van der Waals surface area contributed by atoms with Crippen LogP contribution in [0.1, 0.15) is 17.7 Å². The number of carboxylic acid groups (broad SMARTS) is 1. The number of hydrogen-bond donors (Lipinski definition) is 2. The number of carbonyl (C=O) groups excluding carboxylic acids is 1. The maximum atomic E-state index is 11.9. The lowest BCUT2D eigenvalue weighted by Crippen LogP contribution is -2.47. The first-order chi connectivity index (χ1) is 8.97. The van der Waals surface area contributed by atoms with Crippen molar-refractivity contribution in [2.24, 2.45) is 5.92 Å². The molecule has 0 bridgehead atoms. The summed E-state index contributed by atoms with van der Waals surface area (Å²) in [5, 5.41) is 11.6. The molecule has 1 saturated carbocycles. The van der Waals surface area contributed by atoms with Crippen molar-refractivity contribution >= 4 is 34.9 Å². The van der Waals surface area contributed by atoms with Crippen LogP contribution in [0, 0.1) is 5.92 Å². The van der Waals surface area contributed by atoms with Crippen LogP contribution in [0.4, 0.5) is 4.79 Å². The summed E-state index contributed by atoms with van der Waals surface area (Å²) < 4.78 is 0.671. The number of thiophene rings is 1. The van der Waals surface area contributed by atoms with Crippen LogP contribution in [0.25, 0.3) is 0 Å². The standard InChI is InChI=1S/C12H15ClN2O3S/c1-15(6-8-4-5-9(13)19-8)12(18)14-10(11(16)17)7-2-3-7/h4-5,7,10H,2-3,6H2,1H3,(H,14,18)(H,16,17). The van der Waals surface area contributed by atoms with Gasteiger partial charge in [0.1, 0.15) is 6.04 Å². The molecule has 1 heterocycles. The van der Waals surface area contributed by atoms with Crippen LogP contribution in [-0.2, 0) is 11.3 Å². The van der Waals surface area contributed by atoms with Crippen LogP contribution >= 0.6 is 22.9 Å². The lowest BCUT2D eigenvalue weighted by molar-refractivity contribution is -0.139. The first kappa shape index (κ1) is 14.1. The molecule has 0 aromatic carbocycles. The van der Waals surface area contributed by atoms with Gasteiger partial charge in [-0.25, -0.2) is 9.59 Å². The lowest BCUT2D eigenvalue weighted by Gasteiger charge is -2.20. The molecular weight excluding hydrogens is 288 g/mol. The largest absolute Gasteiger partial charge is 0.480 e. The van der Waals surface area contributed by atoms with Gasteiger partial charge in [0.25, 0.3) is 0 Å². The maximum Gasteiger partial charge on any atom is 0.326 e. The monoisotopic (exact) mass is 302 g/mol. The number of carbonyl (C=O) groups is 2. The molecule has 104 valence electrons. The first-order valence-electron chi connectivity index (χ1n) is 5.96. The van der Waals surface area contributed by atoms with E-state index < -0.39 is 12.0 Å². The Morgan fingerprint density at radius 2 is 2.26 bits per heavy atom. The fourth-order valence-electron chi connectivity index (χ4n) is 1.80. The molecule has 0 saturated heterocycles. The van der Waals surface area contributed by atoms with Gasteiger partial charge in [-0.05, 0) is 30.9 Å². The second-order valence-electron chi connectivity index (χ2n) is 4.66. The van der Waals surface area contributed by atoms with Crippen LogP contribution in [-0.4, -0.2) is 35.1 Å². The molecule has 1 aromatic heterocycles. The molecule has 0 spiro atoms. The number of nitrogens with zero attached hydrogens (tertiary/aromatic N) is 1. The minimum Gasteiger partial charge on any atom is -0.480 e. The van der Waals surface area contributed by atoms with Crippen LogP contribution in [0.2, 0.25) is 4.34 Å². The van der Waals surface area contributed by atoms with E-state index in [0.717, 1.165) is 17.7 Å². The second-order valence-corrected chi connectivity index (χ2v) is 6.46. The molecule has 1 aromatic rings. The van der Waals surface area contributed by atoms with Gasteiger partial charge in [-0.15, -0.1) is 11.3 Å². The molecule has 2 amide bonds. The Kier molecular flexibility index (Phi) is 4.31. The van der Waals surface area contributed by atoms with Crippen molar-refractivity contribution < 1.29 is 14.7 Å². The minimum absolute atomic E-state index is 0.0750. The Morgan fingerprint density at radius 3 is 2.74 bits per heavy atom. The van der Waals surface area contributed by atoms with E-state index in [1.807, 2.05) is 6.07 Å². The summed E-state index contributed by atoms with van der Waals surface area (Å²) in [6, 6.07) is 2.48. The van der Waals surface area contributed by atoms with E-state index in [1.54, 1.807) is 13.1 Å². The third-order valence-electron chi connectivity index (χ3n) is 3.01. The molecule has 7 heteroatoms. The summed E-state index contributed by atoms with van der Waals surface area (Å²) in [5.74, 6) is -0.894. The number of nitrogens with one attached hydrogen (secondary N) is 1. The zero-order valence-electron chi connectivity index (χ0n) is 10.4. The smallest absolute Gasteiger partial charge is 0.326 e. The van der Waals surface area contributed by atoms with Crippen LogP contribution in [0.3, 0.4) is 0 Å². The highest BCUT2D eigenvalue weighted by molar-refractivity contribution is 7.16. The summed E-state index contributed by atoms with van der Waals surface area (Å²) in [7, 11) is 1.63. The maximum absolute atomic E-state index is 11.9. The van der Waals surface area contributed by atoms with Gasteiger partial charge in [0.05, 0.1) is 10.9 Å². The molecule has 0 radical (unpaired) electrons. The van der Waals surface area contributed by atoms with Gasteiger partial charge in [-0.3, -0.25) is 0 Å². The van der Waals surface area contributed by atoms with Crippen molar-refractivity contribution in [3.8, 4) is 0 Å². The van der Waals surface area contributed by atoms with Crippen molar-refractivity contribution in [2.75, 3.05) is 7.05 Å². The molecule has 1 aliphatic rings. The molecule has 1 atom stereocenters. The van der Waals surface area contributed by atoms with Crippen molar-refractivity contribution in [1.29, 1.82) is 0 Å². The van der Waals surface area contributed by atoms with Crippen molar-refractivity contribution in [3.05, 3.63) is 21.3 Å². The normalized spacial score (nSPS) is 15.9. The van der Waals surface area contributed by atoms with E-state index in [9.17, 15) is 9.59 Å². The molecule has 19 heavy (non-hydrogen) atoms. The summed E-state index contributed by atoms with van der Waals surface area (Å²) in [6.07, 6.45) is 1.73. The number of urea groups is 1. The highest BCUT2D eigenvalue weighted by Gasteiger charge is 2.37. The number of rotatable bonds is 5. The Labute approximate surface area is 120 Å². The van der Waals surface area contributed by atoms with E-state index in [2.05, 4.69) is 5.32 Å². The Morgan fingerprint density at radius 1 is 1.58 bits per heavy atom. The lowest BCUT2D eigenvalue weighted by atomic mass is 10.2. The summed E-state index contributed by atoms with van der Waals surface area (Å²) in [4.78, 5) is 25.4. The molecule has 2 rings (SSSR count). The van der Waals surface area contributed by atoms with Gasteiger partial charge in [-0.2, -0.15) is 0 Å². The number of halogens is 1. The molecule has 2 N–H and O–H groups in total. The summed E-state index contributed by atoms with van der Waals surface area (Å²) >= 11 is 7.23. The Hall–Kier alpha value is -1.27. The fraction of sp³-hybridized carbons (Fsp3) is 0.500. The van der Waals surface area contributed by atoms with Gasteiger partial charge in [0.2, 0.25) is 0 Å². The number of hydrogen-bond acceptors (Lipinski definition) is 3. The second kappa shape index (κ2) is 5.79. The molecule has 5 nitrogen and oxygen atoms in total. The first-order valence-corrected chi connectivity index (χ1v) is 7.15. The summed E-state index contributed by atoms with van der Waals surface area (Å²) in [6.45, 7) is 0.417. The molecule has 1 fully saturated rings. The Bertz CT molecular complexity index is 487. The summed E-state index contributed by atoms with van der Waals surface area (Å²) in [5.41, 5.74) is 0. The highest BCUT2D eigenvalue weighted by atomic mass is 35.5. The molecule has 0 aliphatic heterocycles. The van der Waals surface area contributed by atoms with E-state index in [0.29, 0.717) is 10.9 Å². The van der Waals surface area contributed by atoms with Gasteiger partial charge >= 0.3 is 12.0 Å². The molecule has 1 unspecified atom stereocenters. The van der Waals surface area contributed by atoms with Gasteiger partial charge in [0.15, 0.2) is 0 Å². The van der Waals surface area contributed by atoms with E-state index in [-0.39, 0.29) is 11.9 Å². The van der Waals surface area contributed by atoms with Crippen molar-refractivity contribution in [1.82, 2.24) is 10.2 Å². The predicted molar refractivity (Wildman–Crippen MR) is 73.5 cm³/mol. The quantitative estimate of drug-likeness (QED) is 0.877. The van der Waals surface area contributed by atoms with Crippen LogP contribution in [0.15, 0.2) is 12.1 Å². The van der Waals surface area contributed by atoms with Crippen LogP contribution < -0.4 is 5.32 Å². The fourth-order valence-corrected chi connectivity index (χ4v) is 2.94. The topological polar surface area (TPSA) is 69.6 Å². The highest BCUT2D eigenvalue weighted by Crippen LogP contribution is 2.32. The average Bonchev–Trinajstić information content (AvgIpc) is 3.09. The minimum atomic E-state index is -0.969.